The summed E-state index contributed by atoms with van der Waals surface area (Å²) in [6, 6.07) is 9.09. The average molecular weight is 359 g/mol. The smallest absolute Gasteiger partial charge is 0.319 e. The van der Waals surface area contributed by atoms with Crippen molar-refractivity contribution in [3.63, 3.8) is 0 Å². The first-order chi connectivity index (χ1) is 12.1. The fourth-order valence-corrected chi connectivity index (χ4v) is 3.38. The van der Waals surface area contributed by atoms with Crippen LogP contribution >= 0.6 is 11.6 Å². The molecule has 25 heavy (non-hydrogen) atoms. The summed E-state index contributed by atoms with van der Waals surface area (Å²) < 4.78 is 0. The van der Waals surface area contributed by atoms with Crippen LogP contribution in [-0.4, -0.2) is 24.1 Å². The lowest BCUT2D eigenvalue weighted by molar-refractivity contribution is 0.249. The second kappa shape index (κ2) is 8.21. The monoisotopic (exact) mass is 358 g/mol. The molecule has 1 fully saturated rings. The van der Waals surface area contributed by atoms with Crippen LogP contribution in [0.3, 0.4) is 0 Å². The molecule has 0 aliphatic carbocycles. The van der Waals surface area contributed by atoms with E-state index in [4.69, 9.17) is 11.6 Å². The van der Waals surface area contributed by atoms with Gasteiger partial charge in [-0.05, 0) is 62.1 Å². The highest BCUT2D eigenvalue weighted by Crippen LogP contribution is 2.30. The molecule has 1 atom stereocenters. The third-order valence-corrected chi connectivity index (χ3v) is 4.76. The molecule has 132 valence electrons. The number of rotatable bonds is 4. The Morgan fingerprint density at radius 2 is 1.88 bits per heavy atom. The fraction of sp³-hybridized carbons (Fsp3) is 0.368. The number of urea groups is 1. The number of hydrogen-bond acceptors (Lipinski definition) is 3. The Labute approximate surface area is 153 Å². The van der Waals surface area contributed by atoms with Gasteiger partial charge in [0, 0.05) is 31.2 Å². The molecule has 0 spiro atoms. The van der Waals surface area contributed by atoms with Crippen molar-refractivity contribution in [3.8, 4) is 0 Å². The number of carbonyl (C=O) groups excluding carboxylic acids is 1. The lowest BCUT2D eigenvalue weighted by Gasteiger charge is -2.29. The molecule has 1 aromatic carbocycles. The number of pyridine rings is 1. The number of benzene rings is 1. The van der Waals surface area contributed by atoms with Crippen molar-refractivity contribution in [1.29, 1.82) is 0 Å². The van der Waals surface area contributed by atoms with Crippen molar-refractivity contribution in [3.05, 3.63) is 53.3 Å². The molecule has 1 aromatic heterocycles. The van der Waals surface area contributed by atoms with E-state index in [0.717, 1.165) is 24.3 Å². The highest BCUT2D eigenvalue weighted by molar-refractivity contribution is 6.33. The molecule has 5 nitrogen and oxygen atoms in total. The van der Waals surface area contributed by atoms with E-state index < -0.39 is 0 Å². The maximum Gasteiger partial charge on any atom is 0.319 e. The van der Waals surface area contributed by atoms with Gasteiger partial charge in [0.15, 0.2) is 0 Å². The van der Waals surface area contributed by atoms with Gasteiger partial charge < -0.3 is 15.5 Å². The number of aromatic nitrogens is 1. The molecule has 2 aromatic rings. The van der Waals surface area contributed by atoms with Crippen molar-refractivity contribution in [1.82, 2.24) is 10.3 Å². The summed E-state index contributed by atoms with van der Waals surface area (Å²) in [4.78, 5) is 18.5. The van der Waals surface area contributed by atoms with Gasteiger partial charge in [-0.25, -0.2) is 4.79 Å². The zero-order valence-electron chi connectivity index (χ0n) is 14.3. The van der Waals surface area contributed by atoms with E-state index in [9.17, 15) is 4.79 Å². The normalized spacial score (nSPS) is 15.5. The van der Waals surface area contributed by atoms with E-state index in [1.807, 2.05) is 37.3 Å². The van der Waals surface area contributed by atoms with E-state index in [-0.39, 0.29) is 12.1 Å². The van der Waals surface area contributed by atoms with Crippen LogP contribution in [0.5, 0.6) is 0 Å². The number of nitrogens with zero attached hydrogens (tertiary/aromatic N) is 2. The highest BCUT2D eigenvalue weighted by Gasteiger charge is 2.15. The minimum Gasteiger partial charge on any atom is -0.370 e. The van der Waals surface area contributed by atoms with Gasteiger partial charge in [0.25, 0.3) is 0 Å². The zero-order chi connectivity index (χ0) is 17.6. The first-order valence-corrected chi connectivity index (χ1v) is 9.03. The Bertz CT molecular complexity index is 717. The van der Waals surface area contributed by atoms with Crippen LogP contribution in [-0.2, 0) is 0 Å². The summed E-state index contributed by atoms with van der Waals surface area (Å²) in [6.45, 7) is 4.01. The van der Waals surface area contributed by atoms with Crippen LogP contribution in [0, 0.1) is 0 Å². The van der Waals surface area contributed by atoms with Gasteiger partial charge in [-0.15, -0.1) is 0 Å². The Morgan fingerprint density at radius 1 is 1.16 bits per heavy atom. The molecule has 0 saturated carbocycles. The average Bonchev–Trinajstić information content (AvgIpc) is 2.63. The van der Waals surface area contributed by atoms with E-state index >= 15 is 0 Å². The summed E-state index contributed by atoms with van der Waals surface area (Å²) in [6.07, 6.45) is 7.11. The maximum atomic E-state index is 12.2. The van der Waals surface area contributed by atoms with Crippen LogP contribution in [0.15, 0.2) is 42.7 Å². The standard InChI is InChI=1S/C19H23ClN4O/c1-14(15-7-9-21-10-8-15)22-19(25)23-16-5-6-18(17(20)13-16)24-11-3-2-4-12-24/h5-10,13-14H,2-4,11-12H2,1H3,(H2,22,23,25). The summed E-state index contributed by atoms with van der Waals surface area (Å²) in [5.41, 5.74) is 2.73. The molecular formula is C19H23ClN4O. The van der Waals surface area contributed by atoms with Gasteiger partial charge in [0.1, 0.15) is 0 Å². The summed E-state index contributed by atoms with van der Waals surface area (Å²) >= 11 is 6.43. The van der Waals surface area contributed by atoms with Crippen molar-refractivity contribution in [2.75, 3.05) is 23.3 Å². The van der Waals surface area contributed by atoms with Crippen molar-refractivity contribution < 1.29 is 4.79 Å². The van der Waals surface area contributed by atoms with E-state index in [1.165, 1.54) is 19.3 Å². The topological polar surface area (TPSA) is 57.3 Å². The summed E-state index contributed by atoms with van der Waals surface area (Å²) in [7, 11) is 0. The lowest BCUT2D eigenvalue weighted by Crippen LogP contribution is -2.31. The third-order valence-electron chi connectivity index (χ3n) is 4.46. The molecule has 3 rings (SSSR count). The Hall–Kier alpha value is -2.27. The SMILES string of the molecule is CC(NC(=O)Nc1ccc(N2CCCCC2)c(Cl)c1)c1ccncc1. The van der Waals surface area contributed by atoms with Gasteiger partial charge in [-0.3, -0.25) is 4.98 Å². The van der Waals surface area contributed by atoms with Crippen molar-refractivity contribution in [2.24, 2.45) is 0 Å². The van der Waals surface area contributed by atoms with Crippen LogP contribution < -0.4 is 15.5 Å². The minimum atomic E-state index is -0.258. The Kier molecular flexibility index (Phi) is 5.76. The number of amides is 2. The van der Waals surface area contributed by atoms with Gasteiger partial charge in [-0.1, -0.05) is 11.6 Å². The molecule has 2 N–H and O–H groups in total. The van der Waals surface area contributed by atoms with Crippen LogP contribution in [0.1, 0.15) is 37.8 Å². The predicted molar refractivity (Wildman–Crippen MR) is 102 cm³/mol. The second-order valence-corrected chi connectivity index (χ2v) is 6.72. The molecule has 1 unspecified atom stereocenters. The molecule has 0 bridgehead atoms. The zero-order valence-corrected chi connectivity index (χ0v) is 15.1. The molecule has 1 saturated heterocycles. The third kappa shape index (κ3) is 4.63. The van der Waals surface area contributed by atoms with Crippen molar-refractivity contribution >= 4 is 29.0 Å². The van der Waals surface area contributed by atoms with Gasteiger partial charge >= 0.3 is 6.03 Å². The Morgan fingerprint density at radius 3 is 2.56 bits per heavy atom. The quantitative estimate of drug-likeness (QED) is 0.839. The number of carbonyl (C=O) groups is 1. The molecule has 2 heterocycles. The van der Waals surface area contributed by atoms with Gasteiger partial charge in [0.05, 0.1) is 16.8 Å². The second-order valence-electron chi connectivity index (χ2n) is 6.31. The summed E-state index contributed by atoms with van der Waals surface area (Å²) in [5.74, 6) is 0. The first-order valence-electron chi connectivity index (χ1n) is 8.65. The predicted octanol–water partition coefficient (Wildman–Crippen LogP) is 4.61. The van der Waals surface area contributed by atoms with Crippen LogP contribution in [0.2, 0.25) is 5.02 Å². The molecule has 1 aliphatic rings. The van der Waals surface area contributed by atoms with Crippen LogP contribution in [0.25, 0.3) is 0 Å². The Balaban J connectivity index is 1.60. The van der Waals surface area contributed by atoms with E-state index in [0.29, 0.717) is 10.7 Å². The number of halogens is 1. The molecule has 0 radical (unpaired) electrons. The van der Waals surface area contributed by atoms with Gasteiger partial charge in [0.2, 0.25) is 0 Å². The number of nitrogens with one attached hydrogen (secondary N) is 2. The van der Waals surface area contributed by atoms with Crippen molar-refractivity contribution in [2.45, 2.75) is 32.2 Å². The lowest BCUT2D eigenvalue weighted by atomic mass is 10.1. The molecule has 1 aliphatic heterocycles. The molecule has 2 amide bonds. The number of hydrogen-bond donors (Lipinski definition) is 2. The van der Waals surface area contributed by atoms with E-state index in [1.54, 1.807) is 12.4 Å². The van der Waals surface area contributed by atoms with Crippen LogP contribution in [0.4, 0.5) is 16.2 Å². The van der Waals surface area contributed by atoms with E-state index in [2.05, 4.69) is 20.5 Å². The highest BCUT2D eigenvalue weighted by atomic mass is 35.5. The maximum absolute atomic E-state index is 12.2. The first kappa shape index (κ1) is 17.5. The van der Waals surface area contributed by atoms with Gasteiger partial charge in [-0.2, -0.15) is 0 Å². The molecular weight excluding hydrogens is 336 g/mol. The minimum absolute atomic E-state index is 0.105. The summed E-state index contributed by atoms with van der Waals surface area (Å²) in [5, 5.41) is 6.42. The number of piperidine rings is 1. The number of anilines is 2. The fourth-order valence-electron chi connectivity index (χ4n) is 3.08. The molecule has 6 heteroatoms. The largest absolute Gasteiger partial charge is 0.370 e.